The molecule has 1 saturated heterocycles. The summed E-state index contributed by atoms with van der Waals surface area (Å²) in [5, 5.41) is 3.28. The molecule has 0 radical (unpaired) electrons. The van der Waals surface area contributed by atoms with Gasteiger partial charge in [-0.05, 0) is 50.4 Å². The van der Waals surface area contributed by atoms with Gasteiger partial charge in [0, 0.05) is 29.3 Å². The molecule has 1 aromatic carbocycles. The highest BCUT2D eigenvalue weighted by molar-refractivity contribution is 9.10. The van der Waals surface area contributed by atoms with Gasteiger partial charge < -0.3 is 10.2 Å². The molecule has 1 fully saturated rings. The average Bonchev–Trinajstić information content (AvgIpc) is 2.38. The van der Waals surface area contributed by atoms with Gasteiger partial charge in [-0.25, -0.2) is 0 Å². The largest absolute Gasteiger partial charge is 0.371 e. The Balaban J connectivity index is 2.13. The first-order chi connectivity index (χ1) is 8.61. The molecule has 0 aliphatic carbocycles. The van der Waals surface area contributed by atoms with Crippen LogP contribution in [0.1, 0.15) is 38.3 Å². The minimum atomic E-state index is 0.384. The molecule has 2 rings (SSSR count). The van der Waals surface area contributed by atoms with Crippen molar-refractivity contribution < 1.29 is 0 Å². The third-order valence-electron chi connectivity index (χ3n) is 4.03. The maximum absolute atomic E-state index is 3.70. The Morgan fingerprint density at radius 3 is 2.56 bits per heavy atom. The van der Waals surface area contributed by atoms with Crippen molar-refractivity contribution in [3.8, 4) is 0 Å². The molecule has 1 N–H and O–H groups in total. The number of nitrogens with one attached hydrogen (secondary N) is 1. The molecule has 0 aromatic heterocycles. The summed E-state index contributed by atoms with van der Waals surface area (Å²) in [6.45, 7) is 6.91. The quantitative estimate of drug-likeness (QED) is 0.909. The van der Waals surface area contributed by atoms with Crippen LogP contribution in [0.2, 0.25) is 0 Å². The summed E-state index contributed by atoms with van der Waals surface area (Å²) in [5.41, 5.74) is 2.67. The zero-order valence-corrected chi connectivity index (χ0v) is 13.1. The maximum atomic E-state index is 3.70. The summed E-state index contributed by atoms with van der Waals surface area (Å²) < 4.78 is 1.21. The first-order valence-corrected chi connectivity index (χ1v) is 7.62. The number of piperidine rings is 1. The lowest BCUT2D eigenvalue weighted by Crippen LogP contribution is -2.32. The van der Waals surface area contributed by atoms with Crippen LogP contribution in [0, 0.1) is 5.92 Å². The second kappa shape index (κ2) is 6.07. The van der Waals surface area contributed by atoms with Crippen LogP contribution >= 0.6 is 15.9 Å². The highest BCUT2D eigenvalue weighted by Gasteiger charge is 2.17. The smallest absolute Gasteiger partial charge is 0.0377 e. The van der Waals surface area contributed by atoms with Crippen molar-refractivity contribution in [2.45, 2.75) is 32.7 Å². The van der Waals surface area contributed by atoms with E-state index in [0.717, 1.165) is 5.92 Å². The lowest BCUT2D eigenvalue weighted by Gasteiger charge is -2.32. The fourth-order valence-corrected chi connectivity index (χ4v) is 3.20. The summed E-state index contributed by atoms with van der Waals surface area (Å²) in [7, 11) is 2.00. The molecule has 0 saturated carbocycles. The van der Waals surface area contributed by atoms with Gasteiger partial charge in [-0.3, -0.25) is 0 Å². The number of halogens is 1. The normalized spacial score (nSPS) is 19.0. The van der Waals surface area contributed by atoms with Crippen LogP contribution in [-0.4, -0.2) is 20.1 Å². The molecular formula is C15H23BrN2. The van der Waals surface area contributed by atoms with Gasteiger partial charge in [0.15, 0.2) is 0 Å². The Morgan fingerprint density at radius 1 is 1.33 bits per heavy atom. The predicted molar refractivity (Wildman–Crippen MR) is 82.2 cm³/mol. The van der Waals surface area contributed by atoms with Crippen molar-refractivity contribution in [2.75, 3.05) is 25.0 Å². The summed E-state index contributed by atoms with van der Waals surface area (Å²) in [4.78, 5) is 2.50. The number of benzene rings is 1. The van der Waals surface area contributed by atoms with Crippen molar-refractivity contribution in [3.63, 3.8) is 0 Å². The van der Waals surface area contributed by atoms with Crippen LogP contribution in [0.15, 0.2) is 22.7 Å². The molecule has 1 heterocycles. The van der Waals surface area contributed by atoms with Crippen molar-refractivity contribution in [3.05, 3.63) is 28.2 Å². The third-order valence-corrected chi connectivity index (χ3v) is 4.72. The van der Waals surface area contributed by atoms with E-state index in [1.165, 1.54) is 41.7 Å². The van der Waals surface area contributed by atoms with Gasteiger partial charge in [0.25, 0.3) is 0 Å². The molecule has 1 atom stereocenters. The van der Waals surface area contributed by atoms with Crippen LogP contribution < -0.4 is 10.2 Å². The summed E-state index contributed by atoms with van der Waals surface area (Å²) in [6.07, 6.45) is 2.62. The van der Waals surface area contributed by atoms with Crippen LogP contribution in [0.3, 0.4) is 0 Å². The molecule has 1 aliphatic rings. The van der Waals surface area contributed by atoms with Crippen molar-refractivity contribution in [2.24, 2.45) is 5.92 Å². The number of rotatable bonds is 3. The number of hydrogen-bond acceptors (Lipinski definition) is 2. The van der Waals surface area contributed by atoms with E-state index in [9.17, 15) is 0 Å². The minimum absolute atomic E-state index is 0.384. The topological polar surface area (TPSA) is 15.3 Å². The van der Waals surface area contributed by atoms with Gasteiger partial charge >= 0.3 is 0 Å². The van der Waals surface area contributed by atoms with Crippen LogP contribution in [0.25, 0.3) is 0 Å². The van der Waals surface area contributed by atoms with Gasteiger partial charge in [-0.2, -0.15) is 0 Å². The van der Waals surface area contributed by atoms with Gasteiger partial charge in [0.1, 0.15) is 0 Å². The van der Waals surface area contributed by atoms with E-state index in [-0.39, 0.29) is 0 Å². The summed E-state index contributed by atoms with van der Waals surface area (Å²) >= 11 is 3.70. The second-order valence-corrected chi connectivity index (χ2v) is 6.24. The van der Waals surface area contributed by atoms with E-state index in [0.29, 0.717) is 6.04 Å². The van der Waals surface area contributed by atoms with Gasteiger partial charge in [-0.15, -0.1) is 0 Å². The van der Waals surface area contributed by atoms with E-state index in [1.54, 1.807) is 0 Å². The van der Waals surface area contributed by atoms with Gasteiger partial charge in [0.05, 0.1) is 0 Å². The molecule has 18 heavy (non-hydrogen) atoms. The maximum Gasteiger partial charge on any atom is 0.0377 e. The molecule has 1 unspecified atom stereocenters. The molecule has 100 valence electrons. The predicted octanol–water partition coefficient (Wildman–Crippen LogP) is 3.97. The fraction of sp³-hybridized carbons (Fsp3) is 0.600. The van der Waals surface area contributed by atoms with Gasteiger partial charge in [-0.1, -0.05) is 28.9 Å². The van der Waals surface area contributed by atoms with Crippen LogP contribution in [0.5, 0.6) is 0 Å². The minimum Gasteiger partial charge on any atom is -0.371 e. The molecule has 0 amide bonds. The summed E-state index contributed by atoms with van der Waals surface area (Å²) in [5.74, 6) is 0.883. The molecular weight excluding hydrogens is 288 g/mol. The standard InChI is InChI=1S/C15H23BrN2/c1-11-6-8-18(9-7-11)13-4-5-14(12(2)17-3)15(16)10-13/h4-5,10-12,17H,6-9H2,1-3H3. The van der Waals surface area contributed by atoms with E-state index in [4.69, 9.17) is 0 Å². The SMILES string of the molecule is CNC(C)c1ccc(N2CCC(C)CC2)cc1Br. The fourth-order valence-electron chi connectivity index (χ4n) is 2.49. The highest BCUT2D eigenvalue weighted by atomic mass is 79.9. The molecule has 2 nitrogen and oxygen atoms in total. The third kappa shape index (κ3) is 3.07. The van der Waals surface area contributed by atoms with Crippen molar-refractivity contribution in [1.82, 2.24) is 5.32 Å². The van der Waals surface area contributed by atoms with Crippen LogP contribution in [-0.2, 0) is 0 Å². The summed E-state index contributed by atoms with van der Waals surface area (Å²) in [6, 6.07) is 7.14. The molecule has 3 heteroatoms. The number of hydrogen-bond donors (Lipinski definition) is 1. The Bertz CT molecular complexity index is 397. The van der Waals surface area contributed by atoms with Crippen LogP contribution in [0.4, 0.5) is 5.69 Å². The zero-order valence-electron chi connectivity index (χ0n) is 11.5. The molecule has 0 bridgehead atoms. The zero-order chi connectivity index (χ0) is 13.1. The van der Waals surface area contributed by atoms with E-state index in [1.807, 2.05) is 7.05 Å². The average molecular weight is 311 g/mol. The Morgan fingerprint density at radius 2 is 2.00 bits per heavy atom. The Kier molecular flexibility index (Phi) is 4.68. The van der Waals surface area contributed by atoms with Crippen molar-refractivity contribution >= 4 is 21.6 Å². The monoisotopic (exact) mass is 310 g/mol. The molecule has 0 spiro atoms. The second-order valence-electron chi connectivity index (χ2n) is 5.39. The molecule has 1 aromatic rings. The lowest BCUT2D eigenvalue weighted by molar-refractivity contribution is 0.438. The van der Waals surface area contributed by atoms with E-state index in [2.05, 4.69) is 58.2 Å². The van der Waals surface area contributed by atoms with E-state index < -0.39 is 0 Å². The molecule has 1 aliphatic heterocycles. The number of anilines is 1. The van der Waals surface area contributed by atoms with Crippen molar-refractivity contribution in [1.29, 1.82) is 0 Å². The Hall–Kier alpha value is -0.540. The lowest BCUT2D eigenvalue weighted by atomic mass is 9.98. The van der Waals surface area contributed by atoms with Gasteiger partial charge in [0.2, 0.25) is 0 Å². The first kappa shape index (κ1) is 13.9. The number of nitrogens with zero attached hydrogens (tertiary/aromatic N) is 1. The van der Waals surface area contributed by atoms with E-state index >= 15 is 0 Å². The Labute approximate surface area is 119 Å². The highest BCUT2D eigenvalue weighted by Crippen LogP contribution is 2.30. The first-order valence-electron chi connectivity index (χ1n) is 6.83.